The molecule has 1 saturated heterocycles. The fraction of sp³-hybridized carbons (Fsp3) is 0.364. The molecule has 0 atom stereocenters. The number of nitrogens with zero attached hydrogens (tertiary/aromatic N) is 2. The molecule has 1 radical (unpaired) electrons. The zero-order chi connectivity index (χ0) is 10.8. The second-order valence-electron chi connectivity index (χ2n) is 3.75. The SMILES string of the molecule is Cc1cc(N2C[CH]CC2)ccc1[N+](=O)[O-]. The van der Waals surface area contributed by atoms with Gasteiger partial charge in [0.15, 0.2) is 0 Å². The zero-order valence-electron chi connectivity index (χ0n) is 8.64. The first-order valence-electron chi connectivity index (χ1n) is 5.00. The molecule has 4 nitrogen and oxygen atoms in total. The minimum Gasteiger partial charge on any atom is -0.371 e. The maximum atomic E-state index is 10.6. The minimum absolute atomic E-state index is 0.196. The second kappa shape index (κ2) is 3.88. The number of hydrogen-bond acceptors (Lipinski definition) is 3. The van der Waals surface area contributed by atoms with Crippen molar-refractivity contribution in [2.45, 2.75) is 13.3 Å². The normalized spacial score (nSPS) is 15.7. The molecule has 0 aliphatic carbocycles. The van der Waals surface area contributed by atoms with Crippen molar-refractivity contribution in [3.05, 3.63) is 40.3 Å². The molecule has 0 aromatic heterocycles. The third kappa shape index (κ3) is 1.93. The highest BCUT2D eigenvalue weighted by Crippen LogP contribution is 2.26. The van der Waals surface area contributed by atoms with E-state index < -0.39 is 0 Å². The standard InChI is InChI=1S/C11H13N2O2/c1-9-8-10(12-6-2-3-7-12)4-5-11(9)13(14)15/h2,4-5,8H,3,6-7H2,1H3. The summed E-state index contributed by atoms with van der Waals surface area (Å²) in [6.45, 7) is 3.73. The van der Waals surface area contributed by atoms with Gasteiger partial charge in [-0.3, -0.25) is 10.1 Å². The van der Waals surface area contributed by atoms with Crippen molar-refractivity contribution in [3.63, 3.8) is 0 Å². The van der Waals surface area contributed by atoms with Gasteiger partial charge < -0.3 is 4.90 Å². The quantitative estimate of drug-likeness (QED) is 0.549. The van der Waals surface area contributed by atoms with E-state index in [1.54, 1.807) is 13.0 Å². The lowest BCUT2D eigenvalue weighted by atomic mass is 10.1. The Labute approximate surface area is 88.7 Å². The van der Waals surface area contributed by atoms with Gasteiger partial charge in [-0.25, -0.2) is 0 Å². The Morgan fingerprint density at radius 3 is 2.80 bits per heavy atom. The summed E-state index contributed by atoms with van der Waals surface area (Å²) in [4.78, 5) is 12.5. The van der Waals surface area contributed by atoms with Gasteiger partial charge in [0, 0.05) is 30.4 Å². The summed E-state index contributed by atoms with van der Waals surface area (Å²) < 4.78 is 0. The minimum atomic E-state index is -0.338. The molecule has 1 fully saturated rings. The molecule has 15 heavy (non-hydrogen) atoms. The van der Waals surface area contributed by atoms with Crippen LogP contribution in [0.15, 0.2) is 18.2 Å². The molecule has 0 amide bonds. The number of nitro groups is 1. The summed E-state index contributed by atoms with van der Waals surface area (Å²) in [6.07, 6.45) is 3.31. The molecule has 0 N–H and O–H groups in total. The van der Waals surface area contributed by atoms with Gasteiger partial charge in [-0.15, -0.1) is 0 Å². The van der Waals surface area contributed by atoms with E-state index in [1.165, 1.54) is 0 Å². The molecule has 79 valence electrons. The average Bonchev–Trinajstić information content (AvgIpc) is 2.69. The van der Waals surface area contributed by atoms with Crippen molar-refractivity contribution in [2.75, 3.05) is 18.0 Å². The maximum Gasteiger partial charge on any atom is 0.272 e. The van der Waals surface area contributed by atoms with Crippen LogP contribution in [0.2, 0.25) is 0 Å². The molecule has 1 aliphatic heterocycles. The van der Waals surface area contributed by atoms with E-state index in [9.17, 15) is 10.1 Å². The van der Waals surface area contributed by atoms with Crippen molar-refractivity contribution < 1.29 is 4.92 Å². The molecule has 1 heterocycles. The van der Waals surface area contributed by atoms with Crippen molar-refractivity contribution in [1.82, 2.24) is 0 Å². The van der Waals surface area contributed by atoms with E-state index in [-0.39, 0.29) is 10.6 Å². The molecule has 4 heteroatoms. The molecule has 1 aliphatic rings. The van der Waals surface area contributed by atoms with Gasteiger partial charge in [0.2, 0.25) is 0 Å². The number of rotatable bonds is 2. The van der Waals surface area contributed by atoms with Crippen LogP contribution < -0.4 is 4.90 Å². The van der Waals surface area contributed by atoms with Crippen LogP contribution in [0.25, 0.3) is 0 Å². The molecule has 1 aromatic rings. The Bertz CT molecular complexity index is 384. The Balaban J connectivity index is 2.28. The summed E-state index contributed by atoms with van der Waals surface area (Å²) in [5.74, 6) is 0. The van der Waals surface area contributed by atoms with Gasteiger partial charge in [0.25, 0.3) is 5.69 Å². The molecule has 1 aromatic carbocycles. The number of nitro benzene ring substituents is 1. The predicted octanol–water partition coefficient (Wildman–Crippen LogP) is 2.32. The molecule has 2 rings (SSSR count). The summed E-state index contributed by atoms with van der Waals surface area (Å²) in [5, 5.41) is 10.6. The lowest BCUT2D eigenvalue weighted by Crippen LogP contribution is -2.17. The first kappa shape index (κ1) is 9.96. The van der Waals surface area contributed by atoms with Gasteiger partial charge in [0.05, 0.1) is 4.92 Å². The zero-order valence-corrected chi connectivity index (χ0v) is 8.64. The van der Waals surface area contributed by atoms with Crippen LogP contribution in [-0.4, -0.2) is 18.0 Å². The Morgan fingerprint density at radius 1 is 1.47 bits per heavy atom. The summed E-state index contributed by atoms with van der Waals surface area (Å²) in [5.41, 5.74) is 2.00. The van der Waals surface area contributed by atoms with Crippen molar-refractivity contribution in [2.24, 2.45) is 0 Å². The van der Waals surface area contributed by atoms with E-state index in [1.807, 2.05) is 12.1 Å². The molecule has 0 bridgehead atoms. The third-order valence-corrected chi connectivity index (χ3v) is 2.69. The smallest absolute Gasteiger partial charge is 0.272 e. The largest absolute Gasteiger partial charge is 0.371 e. The number of aryl methyl sites for hydroxylation is 1. The van der Waals surface area contributed by atoms with Crippen molar-refractivity contribution in [1.29, 1.82) is 0 Å². The predicted molar refractivity (Wildman–Crippen MR) is 59.0 cm³/mol. The summed E-state index contributed by atoms with van der Waals surface area (Å²) >= 11 is 0. The highest BCUT2D eigenvalue weighted by atomic mass is 16.6. The number of hydrogen-bond donors (Lipinski definition) is 0. The molecule has 0 saturated carbocycles. The van der Waals surface area contributed by atoms with Gasteiger partial charge in [-0.1, -0.05) is 0 Å². The number of benzene rings is 1. The Hall–Kier alpha value is -1.58. The lowest BCUT2D eigenvalue weighted by molar-refractivity contribution is -0.385. The van der Waals surface area contributed by atoms with Crippen LogP contribution in [0.4, 0.5) is 11.4 Å². The lowest BCUT2D eigenvalue weighted by Gasteiger charge is -2.17. The monoisotopic (exact) mass is 205 g/mol. The molecular formula is C11H13N2O2. The van der Waals surface area contributed by atoms with Crippen LogP contribution >= 0.6 is 0 Å². The second-order valence-corrected chi connectivity index (χ2v) is 3.75. The van der Waals surface area contributed by atoms with Gasteiger partial charge in [0.1, 0.15) is 0 Å². The maximum absolute atomic E-state index is 10.6. The van der Waals surface area contributed by atoms with E-state index in [0.29, 0.717) is 0 Å². The first-order chi connectivity index (χ1) is 7.18. The first-order valence-corrected chi connectivity index (χ1v) is 5.00. The summed E-state index contributed by atoms with van der Waals surface area (Å²) in [7, 11) is 0. The van der Waals surface area contributed by atoms with Crippen LogP contribution in [0.3, 0.4) is 0 Å². The fourth-order valence-corrected chi connectivity index (χ4v) is 1.86. The Kier molecular flexibility index (Phi) is 2.58. The third-order valence-electron chi connectivity index (χ3n) is 2.69. The van der Waals surface area contributed by atoms with Crippen LogP contribution in [0.1, 0.15) is 12.0 Å². The van der Waals surface area contributed by atoms with Crippen molar-refractivity contribution >= 4 is 11.4 Å². The van der Waals surface area contributed by atoms with Crippen LogP contribution in [0, 0.1) is 23.5 Å². The highest BCUT2D eigenvalue weighted by molar-refractivity contribution is 5.56. The van der Waals surface area contributed by atoms with Crippen LogP contribution in [0.5, 0.6) is 0 Å². The number of anilines is 1. The fourth-order valence-electron chi connectivity index (χ4n) is 1.86. The van der Waals surface area contributed by atoms with Gasteiger partial charge >= 0.3 is 0 Å². The topological polar surface area (TPSA) is 46.4 Å². The molecule has 0 spiro atoms. The molecular weight excluding hydrogens is 192 g/mol. The van der Waals surface area contributed by atoms with E-state index in [0.717, 1.165) is 30.8 Å². The van der Waals surface area contributed by atoms with Crippen molar-refractivity contribution in [3.8, 4) is 0 Å². The van der Waals surface area contributed by atoms with Crippen LogP contribution in [-0.2, 0) is 0 Å². The highest BCUT2D eigenvalue weighted by Gasteiger charge is 2.16. The average molecular weight is 205 g/mol. The van der Waals surface area contributed by atoms with Gasteiger partial charge in [-0.2, -0.15) is 0 Å². The van der Waals surface area contributed by atoms with E-state index >= 15 is 0 Å². The van der Waals surface area contributed by atoms with Gasteiger partial charge in [-0.05, 0) is 31.9 Å². The van der Waals surface area contributed by atoms with E-state index in [4.69, 9.17) is 0 Å². The Morgan fingerprint density at radius 2 is 2.27 bits per heavy atom. The molecule has 0 unspecified atom stereocenters. The summed E-state index contributed by atoms with van der Waals surface area (Å²) in [6, 6.07) is 5.30. The van der Waals surface area contributed by atoms with E-state index in [2.05, 4.69) is 11.3 Å².